The molecule has 2 aromatic carbocycles. The van der Waals surface area contributed by atoms with Gasteiger partial charge in [-0.15, -0.1) is 0 Å². The summed E-state index contributed by atoms with van der Waals surface area (Å²) >= 11 is 0. The Balaban J connectivity index is 0.795. The maximum atomic E-state index is 14.9. The van der Waals surface area contributed by atoms with Gasteiger partial charge in [-0.25, -0.2) is 27.5 Å². The lowest BCUT2D eigenvalue weighted by Gasteiger charge is -2.70. The lowest BCUT2D eigenvalue weighted by Crippen LogP contribution is -2.76. The predicted octanol–water partition coefficient (Wildman–Crippen LogP) is 9.11. The summed E-state index contributed by atoms with van der Waals surface area (Å²) < 4.78 is 62.1. The second-order valence-electron chi connectivity index (χ2n) is 23.0. The highest BCUT2D eigenvalue weighted by atomic mass is 32.2. The summed E-state index contributed by atoms with van der Waals surface area (Å²) in [5.41, 5.74) is 3.84. The number of aromatic nitrogens is 4. The average molecular weight is 1090 g/mol. The fourth-order valence-corrected chi connectivity index (χ4v) is 13.9. The summed E-state index contributed by atoms with van der Waals surface area (Å²) in [5.74, 6) is -0.721. The Hall–Kier alpha value is -6.94. The van der Waals surface area contributed by atoms with Gasteiger partial charge < -0.3 is 34.5 Å². The SMILES string of the molecule is COc1cc(CN2CC3(C2)CN(C2CC4(CCN(c5ccc(C(=O)NS(=O)(=O)c6cnc(NCC7CCC(C)(O)CC7)c([N+](=O)[O-])c6)c(Oc6cc7c(F)c[nH]c7nc6OC)c5)CC4)C2)[C@H]3c2ccccc2C(C)C)ccn1. The number of H-pyrrole nitrogens is 1. The summed E-state index contributed by atoms with van der Waals surface area (Å²) in [6.45, 7) is 12.1. The van der Waals surface area contributed by atoms with Crippen LogP contribution in [0.15, 0.2) is 90.2 Å². The first kappa shape index (κ1) is 53.1. The molecule has 2 aliphatic carbocycles. The molecule has 4 aromatic heterocycles. The number of aliphatic hydroxyl groups is 1. The molecule has 7 heterocycles. The van der Waals surface area contributed by atoms with Gasteiger partial charge in [0, 0.05) is 106 Å². The van der Waals surface area contributed by atoms with E-state index in [1.807, 2.05) is 12.3 Å². The Morgan fingerprint density at radius 1 is 0.974 bits per heavy atom. The van der Waals surface area contributed by atoms with Gasteiger partial charge in [-0.3, -0.25) is 24.7 Å². The molecule has 2 saturated carbocycles. The number of carbonyl (C=O) groups is 1. The highest BCUT2D eigenvalue weighted by molar-refractivity contribution is 7.90. The Morgan fingerprint density at radius 3 is 2.45 bits per heavy atom. The molecular weight excluding hydrogens is 1020 g/mol. The van der Waals surface area contributed by atoms with E-state index >= 15 is 0 Å². The molecular formula is C57H67FN10O9S. The number of nitrogens with zero attached hydrogens (tertiary/aromatic N) is 7. The number of aromatic amines is 1. The molecule has 1 atom stereocenters. The van der Waals surface area contributed by atoms with Gasteiger partial charge in [0.15, 0.2) is 5.75 Å². The van der Waals surface area contributed by atoms with Crippen LogP contribution in [0.1, 0.15) is 111 Å². The zero-order chi connectivity index (χ0) is 54.7. The molecule has 412 valence electrons. The first-order chi connectivity index (χ1) is 37.3. The number of carbonyl (C=O) groups excluding carboxylic acids is 1. The van der Waals surface area contributed by atoms with Gasteiger partial charge in [0.05, 0.1) is 41.9 Å². The van der Waals surface area contributed by atoms with Crippen LogP contribution in [0, 0.1) is 32.7 Å². The van der Waals surface area contributed by atoms with E-state index in [0.29, 0.717) is 56.1 Å². The van der Waals surface area contributed by atoms with Crippen LogP contribution < -0.4 is 29.1 Å². The van der Waals surface area contributed by atoms with Crippen molar-refractivity contribution in [3.05, 3.63) is 124 Å². The summed E-state index contributed by atoms with van der Waals surface area (Å²) in [5, 5.41) is 25.7. The predicted molar refractivity (Wildman–Crippen MR) is 291 cm³/mol. The first-order valence-corrected chi connectivity index (χ1v) is 28.3. The van der Waals surface area contributed by atoms with Crippen LogP contribution in [0.2, 0.25) is 0 Å². The van der Waals surface area contributed by atoms with Crippen molar-refractivity contribution in [2.24, 2.45) is 16.7 Å². The van der Waals surface area contributed by atoms with Gasteiger partial charge in [0.2, 0.25) is 11.7 Å². The maximum Gasteiger partial charge on any atom is 0.312 e. The van der Waals surface area contributed by atoms with E-state index in [1.165, 1.54) is 35.9 Å². The zero-order valence-electron chi connectivity index (χ0n) is 44.6. The molecule has 2 spiro atoms. The Morgan fingerprint density at radius 2 is 1.73 bits per heavy atom. The molecule has 19 nitrogen and oxygen atoms in total. The van der Waals surface area contributed by atoms with E-state index in [0.717, 1.165) is 89.1 Å². The number of fused-ring (bicyclic) bond motifs is 1. The minimum atomic E-state index is -4.74. The van der Waals surface area contributed by atoms with Gasteiger partial charge in [-0.2, -0.15) is 4.98 Å². The monoisotopic (exact) mass is 1090 g/mol. The number of benzene rings is 2. The molecule has 0 unspecified atom stereocenters. The quantitative estimate of drug-likeness (QED) is 0.0493. The minimum Gasteiger partial charge on any atom is -0.481 e. The number of amides is 1. The van der Waals surface area contributed by atoms with E-state index in [1.54, 1.807) is 26.2 Å². The number of nitro groups is 1. The topological polar surface area (TPSA) is 231 Å². The van der Waals surface area contributed by atoms with Gasteiger partial charge >= 0.3 is 5.69 Å². The van der Waals surface area contributed by atoms with Gasteiger partial charge in [-0.05, 0) is 110 Å². The van der Waals surface area contributed by atoms with E-state index in [9.17, 15) is 32.8 Å². The lowest BCUT2D eigenvalue weighted by molar-refractivity contribution is -0.384. The number of sulfonamides is 1. The number of halogens is 1. The maximum absolute atomic E-state index is 14.9. The smallest absolute Gasteiger partial charge is 0.312 e. The van der Waals surface area contributed by atoms with Crippen molar-refractivity contribution in [1.29, 1.82) is 0 Å². The number of nitrogens with one attached hydrogen (secondary N) is 3. The molecule has 0 radical (unpaired) electrons. The number of likely N-dealkylation sites (tertiary alicyclic amines) is 2. The molecule has 4 N–H and O–H groups in total. The molecule has 3 aliphatic heterocycles. The number of hydrogen-bond donors (Lipinski definition) is 4. The lowest BCUT2D eigenvalue weighted by atomic mass is 9.55. The van der Waals surface area contributed by atoms with Crippen molar-refractivity contribution in [2.45, 2.75) is 107 Å². The molecule has 21 heteroatoms. The van der Waals surface area contributed by atoms with Crippen LogP contribution >= 0.6 is 0 Å². The van der Waals surface area contributed by atoms with E-state index in [2.05, 4.69) is 88.9 Å². The zero-order valence-corrected chi connectivity index (χ0v) is 45.4. The first-order valence-electron chi connectivity index (χ1n) is 26.9. The number of piperidine rings is 1. The van der Waals surface area contributed by atoms with Crippen molar-refractivity contribution in [2.75, 3.05) is 63.7 Å². The molecule has 78 heavy (non-hydrogen) atoms. The molecule has 5 fully saturated rings. The van der Waals surface area contributed by atoms with E-state index < -0.39 is 42.9 Å². The summed E-state index contributed by atoms with van der Waals surface area (Å²) in [6, 6.07) is 21.0. The van der Waals surface area contributed by atoms with E-state index in [-0.39, 0.29) is 56.5 Å². The molecule has 6 aromatic rings. The minimum absolute atomic E-state index is 0.0145. The summed E-state index contributed by atoms with van der Waals surface area (Å²) in [7, 11) is -1.73. The highest BCUT2D eigenvalue weighted by Gasteiger charge is 2.63. The number of methoxy groups -OCH3 is 2. The Labute approximate surface area is 453 Å². The van der Waals surface area contributed by atoms with Gasteiger partial charge in [0.1, 0.15) is 22.1 Å². The number of ether oxygens (including phenoxy) is 3. The van der Waals surface area contributed by atoms with Crippen molar-refractivity contribution in [1.82, 2.24) is 34.5 Å². The van der Waals surface area contributed by atoms with Crippen LogP contribution in [0.25, 0.3) is 11.0 Å². The number of pyridine rings is 3. The standard InChI is InChI=1S/C57H67FN10O9S/c1-35(2)41-8-6-7-9-42(41)50-57(32-65(33-57)31-37-14-19-59-49(22-37)75-4)34-67(50)39-26-56(27-39)17-20-66(21-18-56)38-10-11-43(47(23-38)77-48-25-44-45(58)30-62-51(44)63-54(48)76-5)53(69)64-78(73,74)40-24-46(68(71)72)52(61-29-40)60-28-36-12-15-55(3,70)16-13-36/h6-11,14,19,22-25,29-30,35-36,39,50,70H,12-13,15-18,20-21,26-28,31-34H2,1-5H3,(H,60,61)(H,62,63)(H,64,69)/t36?,50-,55?/m0/s1. The second kappa shape index (κ2) is 20.7. The second-order valence-corrected chi connectivity index (χ2v) is 24.7. The van der Waals surface area contributed by atoms with Crippen LogP contribution in [0.3, 0.4) is 0 Å². The fourth-order valence-electron chi connectivity index (χ4n) is 13.0. The number of anilines is 2. The molecule has 0 bridgehead atoms. The van der Waals surface area contributed by atoms with Crippen LogP contribution in [0.4, 0.5) is 21.6 Å². The summed E-state index contributed by atoms with van der Waals surface area (Å²) in [4.78, 5) is 48.2. The third-order valence-corrected chi connectivity index (χ3v) is 18.6. The van der Waals surface area contributed by atoms with Crippen molar-refractivity contribution >= 4 is 44.2 Å². The molecule has 3 saturated heterocycles. The average Bonchev–Trinajstić information content (AvgIpc) is 3.92. The number of hydrogen-bond acceptors (Lipinski definition) is 16. The molecule has 11 rings (SSSR count). The normalized spacial score (nSPS) is 22.2. The molecule has 1 amide bonds. The Kier molecular flexibility index (Phi) is 14.1. The van der Waals surface area contributed by atoms with E-state index in [4.69, 9.17) is 14.2 Å². The highest BCUT2D eigenvalue weighted by Crippen LogP contribution is 2.62. The van der Waals surface area contributed by atoms with Crippen LogP contribution in [0.5, 0.6) is 23.3 Å². The van der Waals surface area contributed by atoms with Crippen LogP contribution in [-0.4, -0.2) is 119 Å². The van der Waals surface area contributed by atoms with Crippen LogP contribution in [-0.2, 0) is 16.6 Å². The largest absolute Gasteiger partial charge is 0.481 e. The van der Waals surface area contributed by atoms with Gasteiger partial charge in [-0.1, -0.05) is 38.1 Å². The van der Waals surface area contributed by atoms with Crippen molar-refractivity contribution in [3.8, 4) is 23.3 Å². The molecule has 5 aliphatic rings. The van der Waals surface area contributed by atoms with Crippen molar-refractivity contribution in [3.63, 3.8) is 0 Å². The number of rotatable bonds is 17. The summed E-state index contributed by atoms with van der Waals surface area (Å²) in [6.07, 6.45) is 10.6. The third kappa shape index (κ3) is 10.3. The Bertz CT molecular complexity index is 3360. The third-order valence-electron chi connectivity index (χ3n) is 17.3. The fraction of sp³-hybridized carbons (Fsp3) is 0.474. The van der Waals surface area contributed by atoms with Crippen molar-refractivity contribution < 1.29 is 41.8 Å². The van der Waals surface area contributed by atoms with Gasteiger partial charge in [0.25, 0.3) is 21.8 Å².